The smallest absolute Gasteiger partial charge is 0.332 e. The number of hydrogen-bond donors (Lipinski definition) is 0. The number of ether oxygens (including phenoxy) is 1. The van der Waals surface area contributed by atoms with Gasteiger partial charge in [-0.3, -0.25) is 15.1 Å². The van der Waals surface area contributed by atoms with E-state index < -0.39 is 4.92 Å². The van der Waals surface area contributed by atoms with Crippen molar-refractivity contribution in [2.45, 2.75) is 13.5 Å². The van der Waals surface area contributed by atoms with Crippen molar-refractivity contribution in [3.63, 3.8) is 0 Å². The first-order valence-electron chi connectivity index (χ1n) is 5.41. The molecule has 2 heterocycles. The minimum Gasteiger partial charge on any atom is -0.468 e. The third-order valence-corrected chi connectivity index (χ3v) is 2.68. The third-order valence-electron chi connectivity index (χ3n) is 2.48. The molecule has 6 nitrogen and oxygen atoms in total. The van der Waals surface area contributed by atoms with Crippen molar-refractivity contribution >= 4 is 17.3 Å². The van der Waals surface area contributed by atoms with Crippen LogP contribution in [0.4, 0.5) is 5.69 Å². The van der Waals surface area contributed by atoms with Crippen molar-refractivity contribution in [1.82, 2.24) is 9.97 Å². The molecule has 0 saturated heterocycles. The predicted octanol–water partition coefficient (Wildman–Crippen LogP) is 2.93. The SMILES string of the molecule is Cc1ncccc1COc1ncc(Cl)cc1[N+](=O)[O-]. The Morgan fingerprint density at radius 3 is 2.95 bits per heavy atom. The molecule has 0 radical (unpaired) electrons. The molecule has 0 aliphatic rings. The molecular formula is C12H10ClN3O3. The Balaban J connectivity index is 2.20. The van der Waals surface area contributed by atoms with E-state index in [1.165, 1.54) is 12.3 Å². The fourth-order valence-corrected chi connectivity index (χ4v) is 1.63. The molecule has 0 N–H and O–H groups in total. The Morgan fingerprint density at radius 2 is 2.26 bits per heavy atom. The second kappa shape index (κ2) is 5.62. The summed E-state index contributed by atoms with van der Waals surface area (Å²) < 4.78 is 5.37. The van der Waals surface area contributed by atoms with Crippen molar-refractivity contribution in [2.75, 3.05) is 0 Å². The molecule has 0 aliphatic carbocycles. The first kappa shape index (κ1) is 13.2. The Labute approximate surface area is 114 Å². The van der Waals surface area contributed by atoms with Crippen LogP contribution < -0.4 is 4.74 Å². The van der Waals surface area contributed by atoms with Gasteiger partial charge >= 0.3 is 5.69 Å². The third kappa shape index (κ3) is 3.17. The van der Waals surface area contributed by atoms with E-state index in [2.05, 4.69) is 9.97 Å². The maximum atomic E-state index is 10.9. The number of hydrogen-bond acceptors (Lipinski definition) is 5. The molecule has 0 saturated carbocycles. The van der Waals surface area contributed by atoms with Crippen molar-refractivity contribution in [3.8, 4) is 5.88 Å². The molecule has 98 valence electrons. The zero-order chi connectivity index (χ0) is 13.8. The molecule has 0 aliphatic heterocycles. The highest BCUT2D eigenvalue weighted by molar-refractivity contribution is 6.30. The number of rotatable bonds is 4. The summed E-state index contributed by atoms with van der Waals surface area (Å²) in [7, 11) is 0. The summed E-state index contributed by atoms with van der Waals surface area (Å²) in [6, 6.07) is 4.82. The average molecular weight is 280 g/mol. The minimum absolute atomic E-state index is 0.0577. The summed E-state index contributed by atoms with van der Waals surface area (Å²) in [6.45, 7) is 2.00. The Morgan fingerprint density at radius 1 is 1.47 bits per heavy atom. The Hall–Kier alpha value is -2.21. The number of nitro groups is 1. The maximum absolute atomic E-state index is 10.9. The largest absolute Gasteiger partial charge is 0.468 e. The van der Waals surface area contributed by atoms with Crippen molar-refractivity contribution in [1.29, 1.82) is 0 Å². The molecule has 0 amide bonds. The van der Waals surface area contributed by atoms with Crippen LogP contribution >= 0.6 is 11.6 Å². The number of aryl methyl sites for hydroxylation is 1. The van der Waals surface area contributed by atoms with Crippen molar-refractivity contribution in [2.24, 2.45) is 0 Å². The lowest BCUT2D eigenvalue weighted by Gasteiger charge is -2.07. The molecule has 0 unspecified atom stereocenters. The van der Waals surface area contributed by atoms with Gasteiger partial charge in [0.05, 0.1) is 16.1 Å². The van der Waals surface area contributed by atoms with Crippen molar-refractivity contribution < 1.29 is 9.66 Å². The summed E-state index contributed by atoms with van der Waals surface area (Å²) in [6.07, 6.45) is 2.97. The van der Waals surface area contributed by atoms with Crippen LogP contribution in [0.25, 0.3) is 0 Å². The normalized spacial score (nSPS) is 10.2. The van der Waals surface area contributed by atoms with E-state index in [1.54, 1.807) is 12.3 Å². The van der Waals surface area contributed by atoms with E-state index in [-0.39, 0.29) is 23.2 Å². The number of nitrogens with zero attached hydrogens (tertiary/aromatic N) is 3. The van der Waals surface area contributed by atoms with E-state index in [0.29, 0.717) is 0 Å². The summed E-state index contributed by atoms with van der Waals surface area (Å²) >= 11 is 5.67. The lowest BCUT2D eigenvalue weighted by atomic mass is 10.2. The van der Waals surface area contributed by atoms with Crippen LogP contribution in [0.5, 0.6) is 5.88 Å². The Kier molecular flexibility index (Phi) is 3.91. The van der Waals surface area contributed by atoms with E-state index in [1.807, 2.05) is 13.0 Å². The van der Waals surface area contributed by atoms with Gasteiger partial charge in [-0.15, -0.1) is 0 Å². The van der Waals surface area contributed by atoms with Gasteiger partial charge in [-0.1, -0.05) is 17.7 Å². The van der Waals surface area contributed by atoms with E-state index in [9.17, 15) is 10.1 Å². The van der Waals surface area contributed by atoms with Gasteiger partial charge in [-0.05, 0) is 13.0 Å². The van der Waals surface area contributed by atoms with Gasteiger partial charge in [0.1, 0.15) is 6.61 Å². The summed E-state index contributed by atoms with van der Waals surface area (Å²) in [5.74, 6) is -0.0577. The van der Waals surface area contributed by atoms with E-state index in [4.69, 9.17) is 16.3 Å². The maximum Gasteiger partial charge on any atom is 0.332 e. The summed E-state index contributed by atoms with van der Waals surface area (Å²) in [5.41, 5.74) is 1.39. The Bertz CT molecular complexity index is 619. The summed E-state index contributed by atoms with van der Waals surface area (Å²) in [4.78, 5) is 18.2. The average Bonchev–Trinajstić information content (AvgIpc) is 2.38. The molecule has 2 rings (SSSR count). The van der Waals surface area contributed by atoms with Gasteiger partial charge in [-0.2, -0.15) is 0 Å². The standard InChI is InChI=1S/C12H10ClN3O3/c1-8-9(3-2-4-14-8)7-19-12-11(16(17)18)5-10(13)6-15-12/h2-6H,7H2,1H3. The zero-order valence-corrected chi connectivity index (χ0v) is 10.8. The first-order chi connectivity index (χ1) is 9.08. The van der Waals surface area contributed by atoms with Crippen LogP contribution in [0.2, 0.25) is 5.02 Å². The zero-order valence-electron chi connectivity index (χ0n) is 10.0. The monoisotopic (exact) mass is 279 g/mol. The van der Waals surface area contributed by atoms with Gasteiger partial charge in [0, 0.05) is 23.5 Å². The van der Waals surface area contributed by atoms with Crippen LogP contribution in [-0.4, -0.2) is 14.9 Å². The van der Waals surface area contributed by atoms with Crippen LogP contribution in [0, 0.1) is 17.0 Å². The van der Waals surface area contributed by atoms with Crippen LogP contribution in [-0.2, 0) is 6.61 Å². The highest BCUT2D eigenvalue weighted by Crippen LogP contribution is 2.27. The van der Waals surface area contributed by atoms with Gasteiger partial charge in [0.15, 0.2) is 0 Å². The summed E-state index contributed by atoms with van der Waals surface area (Å²) in [5, 5.41) is 11.1. The molecule has 0 atom stereocenters. The minimum atomic E-state index is -0.579. The molecule has 0 bridgehead atoms. The van der Waals surface area contributed by atoms with Crippen LogP contribution in [0.15, 0.2) is 30.6 Å². The molecule has 19 heavy (non-hydrogen) atoms. The topological polar surface area (TPSA) is 78.2 Å². The van der Waals surface area contributed by atoms with Crippen LogP contribution in [0.3, 0.4) is 0 Å². The van der Waals surface area contributed by atoms with Gasteiger partial charge < -0.3 is 4.74 Å². The van der Waals surface area contributed by atoms with Crippen molar-refractivity contribution in [3.05, 3.63) is 57.0 Å². The van der Waals surface area contributed by atoms with E-state index in [0.717, 1.165) is 11.3 Å². The first-order valence-corrected chi connectivity index (χ1v) is 5.79. The highest BCUT2D eigenvalue weighted by atomic mass is 35.5. The fourth-order valence-electron chi connectivity index (χ4n) is 1.47. The quantitative estimate of drug-likeness (QED) is 0.635. The highest BCUT2D eigenvalue weighted by Gasteiger charge is 2.17. The number of halogens is 1. The van der Waals surface area contributed by atoms with Gasteiger partial charge in [0.2, 0.25) is 0 Å². The number of aromatic nitrogens is 2. The van der Waals surface area contributed by atoms with E-state index >= 15 is 0 Å². The number of pyridine rings is 2. The molecule has 0 fully saturated rings. The second-order valence-corrected chi connectivity index (χ2v) is 4.21. The fraction of sp³-hybridized carbons (Fsp3) is 0.167. The van der Waals surface area contributed by atoms with Gasteiger partial charge in [-0.25, -0.2) is 4.98 Å². The molecule has 0 spiro atoms. The van der Waals surface area contributed by atoms with Gasteiger partial charge in [0.25, 0.3) is 5.88 Å². The lowest BCUT2D eigenvalue weighted by molar-refractivity contribution is -0.386. The molecule has 0 aromatic carbocycles. The molecular weight excluding hydrogens is 270 g/mol. The molecule has 2 aromatic rings. The van der Waals surface area contributed by atoms with Crippen LogP contribution in [0.1, 0.15) is 11.3 Å². The molecule has 2 aromatic heterocycles. The predicted molar refractivity (Wildman–Crippen MR) is 69.2 cm³/mol. The second-order valence-electron chi connectivity index (χ2n) is 3.77. The molecule has 7 heteroatoms. The lowest BCUT2D eigenvalue weighted by Crippen LogP contribution is -2.03.